The maximum atomic E-state index is 12.5. The highest BCUT2D eigenvalue weighted by atomic mass is 16.2. The number of rotatable bonds is 4. The molecule has 1 amide bonds. The lowest BCUT2D eigenvalue weighted by molar-refractivity contribution is -0.136. The smallest absolute Gasteiger partial charge is 0.227 e. The van der Waals surface area contributed by atoms with Gasteiger partial charge in [-0.15, -0.1) is 0 Å². The summed E-state index contributed by atoms with van der Waals surface area (Å²) in [5.41, 5.74) is 0. The van der Waals surface area contributed by atoms with Gasteiger partial charge in [0.05, 0.1) is 5.92 Å². The number of carbonyl (C=O) groups excluding carboxylic acids is 1. The van der Waals surface area contributed by atoms with Crippen molar-refractivity contribution in [2.75, 3.05) is 26.2 Å². The first-order valence-corrected chi connectivity index (χ1v) is 9.32. The Morgan fingerprint density at radius 3 is 2.70 bits per heavy atom. The van der Waals surface area contributed by atoms with E-state index in [1.54, 1.807) is 0 Å². The Morgan fingerprint density at radius 1 is 1.22 bits per heavy atom. The molecule has 0 bridgehead atoms. The Hall–Kier alpha value is -1.36. The van der Waals surface area contributed by atoms with Gasteiger partial charge in [0, 0.05) is 44.5 Å². The van der Waals surface area contributed by atoms with Gasteiger partial charge in [0.25, 0.3) is 0 Å². The molecule has 2 aliphatic heterocycles. The molecular formula is C18H28N4O. The number of carbonyl (C=O) groups is 1. The van der Waals surface area contributed by atoms with Crippen LogP contribution >= 0.6 is 0 Å². The van der Waals surface area contributed by atoms with Crippen LogP contribution in [0.2, 0.25) is 0 Å². The number of aromatic nitrogens is 2. The first kappa shape index (κ1) is 15.2. The van der Waals surface area contributed by atoms with E-state index in [9.17, 15) is 4.79 Å². The molecule has 3 aliphatic rings. The average Bonchev–Trinajstić information content (AvgIpc) is 3.22. The zero-order valence-electron chi connectivity index (χ0n) is 13.9. The minimum atomic E-state index is 0.215. The molecule has 3 fully saturated rings. The van der Waals surface area contributed by atoms with Crippen molar-refractivity contribution in [3.05, 3.63) is 18.2 Å². The minimum absolute atomic E-state index is 0.215. The standard InChI is InChI=1S/C18H28N4O/c23-18(16-4-7-19-12-16)21-9-5-15(6-10-21)17-20-8-11-22(17)13-14-2-1-3-14/h8,11,14-16,19H,1-7,9-10,12-13H2/t16-/m1/s1. The van der Waals surface area contributed by atoms with E-state index in [4.69, 9.17) is 0 Å². The van der Waals surface area contributed by atoms with E-state index in [2.05, 4.69) is 26.0 Å². The third-order valence-corrected chi connectivity index (χ3v) is 6.01. The molecule has 0 aromatic carbocycles. The lowest BCUT2D eigenvalue weighted by Gasteiger charge is -2.34. The lowest BCUT2D eigenvalue weighted by Crippen LogP contribution is -2.42. The van der Waals surface area contributed by atoms with Crippen LogP contribution in [0.3, 0.4) is 0 Å². The Balaban J connectivity index is 1.34. The number of piperidine rings is 1. The summed E-state index contributed by atoms with van der Waals surface area (Å²) in [5.74, 6) is 3.22. The number of nitrogens with zero attached hydrogens (tertiary/aromatic N) is 3. The molecule has 3 heterocycles. The summed E-state index contributed by atoms with van der Waals surface area (Å²) >= 11 is 0. The van der Waals surface area contributed by atoms with E-state index in [1.165, 1.54) is 25.1 Å². The van der Waals surface area contributed by atoms with Crippen molar-refractivity contribution in [2.24, 2.45) is 11.8 Å². The second kappa shape index (κ2) is 6.63. The molecule has 4 rings (SSSR count). The third-order valence-electron chi connectivity index (χ3n) is 6.01. The molecule has 1 atom stereocenters. The molecule has 5 nitrogen and oxygen atoms in total. The number of likely N-dealkylation sites (tertiary alicyclic amines) is 1. The molecule has 0 unspecified atom stereocenters. The van der Waals surface area contributed by atoms with Crippen molar-refractivity contribution in [3.8, 4) is 0 Å². The van der Waals surface area contributed by atoms with Crippen molar-refractivity contribution in [3.63, 3.8) is 0 Å². The van der Waals surface area contributed by atoms with Crippen molar-refractivity contribution < 1.29 is 4.79 Å². The SMILES string of the molecule is O=C([C@@H]1CCNC1)N1CCC(c2nccn2CC2CCC2)CC1. The van der Waals surface area contributed by atoms with Gasteiger partial charge in [0.1, 0.15) is 5.82 Å². The Bertz CT molecular complexity index is 537. The van der Waals surface area contributed by atoms with Gasteiger partial charge in [0.2, 0.25) is 5.91 Å². The summed E-state index contributed by atoms with van der Waals surface area (Å²) in [5, 5.41) is 3.30. The second-order valence-electron chi connectivity index (χ2n) is 7.52. The van der Waals surface area contributed by atoms with E-state index >= 15 is 0 Å². The van der Waals surface area contributed by atoms with Crippen molar-refractivity contribution in [2.45, 2.75) is 51.0 Å². The molecule has 2 saturated heterocycles. The zero-order valence-corrected chi connectivity index (χ0v) is 13.9. The number of hydrogen-bond donors (Lipinski definition) is 1. The highest BCUT2D eigenvalue weighted by molar-refractivity contribution is 5.79. The summed E-state index contributed by atoms with van der Waals surface area (Å²) in [7, 11) is 0. The van der Waals surface area contributed by atoms with Crippen LogP contribution in [0.25, 0.3) is 0 Å². The monoisotopic (exact) mass is 316 g/mol. The molecule has 1 aromatic rings. The van der Waals surface area contributed by atoms with Crippen LogP contribution in [0, 0.1) is 11.8 Å². The van der Waals surface area contributed by atoms with Crippen LogP contribution in [0.15, 0.2) is 12.4 Å². The van der Waals surface area contributed by atoms with Gasteiger partial charge in [-0.25, -0.2) is 4.98 Å². The molecule has 23 heavy (non-hydrogen) atoms. The van der Waals surface area contributed by atoms with Gasteiger partial charge in [-0.2, -0.15) is 0 Å². The largest absolute Gasteiger partial charge is 0.342 e. The molecule has 0 spiro atoms. The predicted octanol–water partition coefficient (Wildman–Crippen LogP) is 2.00. The maximum absolute atomic E-state index is 12.5. The predicted molar refractivity (Wildman–Crippen MR) is 89.1 cm³/mol. The van der Waals surface area contributed by atoms with Crippen LogP contribution in [0.4, 0.5) is 0 Å². The fraction of sp³-hybridized carbons (Fsp3) is 0.778. The fourth-order valence-electron chi connectivity index (χ4n) is 4.27. The number of amides is 1. The zero-order chi connectivity index (χ0) is 15.6. The Morgan fingerprint density at radius 2 is 2.04 bits per heavy atom. The van der Waals surface area contributed by atoms with Gasteiger partial charge < -0.3 is 14.8 Å². The van der Waals surface area contributed by atoms with Crippen molar-refractivity contribution in [1.82, 2.24) is 19.8 Å². The lowest BCUT2D eigenvalue weighted by atomic mass is 9.85. The molecule has 1 aliphatic carbocycles. The van der Waals surface area contributed by atoms with Crippen molar-refractivity contribution >= 4 is 5.91 Å². The molecule has 126 valence electrons. The van der Waals surface area contributed by atoms with Gasteiger partial charge in [-0.05, 0) is 44.6 Å². The number of hydrogen-bond acceptors (Lipinski definition) is 3. The minimum Gasteiger partial charge on any atom is -0.342 e. The van der Waals surface area contributed by atoms with Gasteiger partial charge in [-0.3, -0.25) is 4.79 Å². The normalized spacial score (nSPS) is 26.4. The van der Waals surface area contributed by atoms with Crippen LogP contribution in [0.5, 0.6) is 0 Å². The first-order chi connectivity index (χ1) is 11.3. The van der Waals surface area contributed by atoms with Gasteiger partial charge in [0.15, 0.2) is 0 Å². The van der Waals surface area contributed by atoms with Gasteiger partial charge >= 0.3 is 0 Å². The first-order valence-electron chi connectivity index (χ1n) is 9.32. The molecule has 5 heteroatoms. The van der Waals surface area contributed by atoms with Gasteiger partial charge in [-0.1, -0.05) is 6.42 Å². The summed E-state index contributed by atoms with van der Waals surface area (Å²) in [6, 6.07) is 0. The van der Waals surface area contributed by atoms with E-state index < -0.39 is 0 Å². The van der Waals surface area contributed by atoms with Crippen LogP contribution in [-0.2, 0) is 11.3 Å². The van der Waals surface area contributed by atoms with Crippen LogP contribution in [-0.4, -0.2) is 46.5 Å². The maximum Gasteiger partial charge on any atom is 0.227 e. The Labute approximate surface area is 138 Å². The van der Waals surface area contributed by atoms with Crippen molar-refractivity contribution in [1.29, 1.82) is 0 Å². The average molecular weight is 316 g/mol. The Kier molecular flexibility index (Phi) is 4.38. The molecule has 1 saturated carbocycles. The summed E-state index contributed by atoms with van der Waals surface area (Å²) in [4.78, 5) is 19.3. The topological polar surface area (TPSA) is 50.2 Å². The highest BCUT2D eigenvalue weighted by Gasteiger charge is 2.31. The molecule has 0 radical (unpaired) electrons. The molecular weight excluding hydrogens is 288 g/mol. The quantitative estimate of drug-likeness (QED) is 0.924. The fourth-order valence-corrected chi connectivity index (χ4v) is 4.27. The van der Waals surface area contributed by atoms with E-state index in [1.807, 2.05) is 6.20 Å². The summed E-state index contributed by atoms with van der Waals surface area (Å²) < 4.78 is 2.38. The van der Waals surface area contributed by atoms with Crippen LogP contribution in [0.1, 0.15) is 50.3 Å². The molecule has 1 aromatic heterocycles. The van der Waals surface area contributed by atoms with Crippen LogP contribution < -0.4 is 5.32 Å². The highest BCUT2D eigenvalue weighted by Crippen LogP contribution is 2.32. The molecule has 1 N–H and O–H groups in total. The summed E-state index contributed by atoms with van der Waals surface area (Å²) in [6.07, 6.45) is 11.4. The second-order valence-corrected chi connectivity index (χ2v) is 7.52. The number of imidazole rings is 1. The third kappa shape index (κ3) is 3.16. The number of nitrogens with one attached hydrogen (secondary N) is 1. The van der Waals surface area contributed by atoms with E-state index in [0.29, 0.717) is 11.8 Å². The van der Waals surface area contributed by atoms with E-state index in [-0.39, 0.29) is 5.92 Å². The summed E-state index contributed by atoms with van der Waals surface area (Å²) in [6.45, 7) is 4.80. The van der Waals surface area contributed by atoms with E-state index in [0.717, 1.165) is 57.9 Å².